The van der Waals surface area contributed by atoms with Gasteiger partial charge in [-0.2, -0.15) is 0 Å². The van der Waals surface area contributed by atoms with Crippen LogP contribution in [0.5, 0.6) is 0 Å². The van der Waals surface area contributed by atoms with E-state index in [1.807, 2.05) is 6.07 Å². The molecule has 0 aliphatic rings. The van der Waals surface area contributed by atoms with Gasteiger partial charge < -0.3 is 4.74 Å². The number of hydrogen-bond acceptors (Lipinski definition) is 1. The second kappa shape index (κ2) is 6.72. The smallest absolute Gasteiger partial charge is 0.123 e. The summed E-state index contributed by atoms with van der Waals surface area (Å²) in [5.41, 5.74) is 0.885. The number of halogens is 3. The summed E-state index contributed by atoms with van der Waals surface area (Å²) in [4.78, 5) is 0. The molecule has 0 radical (unpaired) electrons. The van der Waals surface area contributed by atoms with Crippen LogP contribution < -0.4 is 0 Å². The molecule has 0 bridgehead atoms. The molecule has 0 heterocycles. The lowest BCUT2D eigenvalue weighted by atomic mass is 9.82. The van der Waals surface area contributed by atoms with E-state index in [1.54, 1.807) is 19.2 Å². The SMILES string of the molecule is COCCC(CBr)(CBr)c1cccc(F)c1. The van der Waals surface area contributed by atoms with Crippen molar-refractivity contribution < 1.29 is 9.13 Å². The molecular weight excluding hydrogens is 339 g/mol. The molecular formula is C12H15Br2FO. The van der Waals surface area contributed by atoms with Crippen molar-refractivity contribution in [1.29, 1.82) is 0 Å². The summed E-state index contributed by atoms with van der Waals surface area (Å²) >= 11 is 7.03. The van der Waals surface area contributed by atoms with Gasteiger partial charge in [-0.3, -0.25) is 0 Å². The second-order valence-electron chi connectivity index (χ2n) is 3.80. The summed E-state index contributed by atoms with van der Waals surface area (Å²) in [6, 6.07) is 6.77. The minimum atomic E-state index is -0.193. The third kappa shape index (κ3) is 3.28. The van der Waals surface area contributed by atoms with Gasteiger partial charge in [0.05, 0.1) is 0 Å². The van der Waals surface area contributed by atoms with Crippen molar-refractivity contribution in [2.24, 2.45) is 0 Å². The van der Waals surface area contributed by atoms with E-state index in [1.165, 1.54) is 6.07 Å². The van der Waals surface area contributed by atoms with Gasteiger partial charge >= 0.3 is 0 Å². The Morgan fingerprint density at radius 2 is 2.00 bits per heavy atom. The van der Waals surface area contributed by atoms with Crippen LogP contribution >= 0.6 is 31.9 Å². The Labute approximate surface area is 113 Å². The molecule has 0 atom stereocenters. The Morgan fingerprint density at radius 3 is 2.50 bits per heavy atom. The molecule has 0 saturated carbocycles. The van der Waals surface area contributed by atoms with Crippen LogP contribution in [-0.2, 0) is 10.2 Å². The van der Waals surface area contributed by atoms with E-state index in [-0.39, 0.29) is 11.2 Å². The number of methoxy groups -OCH3 is 1. The summed E-state index contributed by atoms with van der Waals surface area (Å²) in [5.74, 6) is -0.193. The Kier molecular flexibility index (Phi) is 5.94. The average molecular weight is 354 g/mol. The van der Waals surface area contributed by atoms with Crippen molar-refractivity contribution >= 4 is 31.9 Å². The van der Waals surface area contributed by atoms with Crippen LogP contribution in [-0.4, -0.2) is 24.4 Å². The number of alkyl halides is 2. The molecule has 0 aliphatic heterocycles. The number of ether oxygens (including phenoxy) is 1. The zero-order valence-electron chi connectivity index (χ0n) is 9.18. The highest BCUT2D eigenvalue weighted by atomic mass is 79.9. The molecule has 1 rings (SSSR count). The molecule has 0 saturated heterocycles. The maximum Gasteiger partial charge on any atom is 0.123 e. The van der Waals surface area contributed by atoms with E-state index in [2.05, 4.69) is 31.9 Å². The normalized spacial score (nSPS) is 11.8. The van der Waals surface area contributed by atoms with E-state index in [9.17, 15) is 4.39 Å². The first-order valence-corrected chi connectivity index (χ1v) is 7.30. The second-order valence-corrected chi connectivity index (χ2v) is 4.92. The maximum atomic E-state index is 13.2. The zero-order chi connectivity index (χ0) is 12.0. The molecule has 0 aromatic heterocycles. The quantitative estimate of drug-likeness (QED) is 0.705. The molecule has 4 heteroatoms. The highest BCUT2D eigenvalue weighted by Gasteiger charge is 2.30. The Balaban J connectivity index is 2.99. The number of rotatable bonds is 6. The molecule has 0 N–H and O–H groups in total. The van der Waals surface area contributed by atoms with E-state index in [4.69, 9.17) is 4.74 Å². The summed E-state index contributed by atoms with van der Waals surface area (Å²) in [7, 11) is 1.68. The molecule has 1 aromatic rings. The van der Waals surface area contributed by atoms with Gasteiger partial charge in [-0.15, -0.1) is 0 Å². The molecule has 0 fully saturated rings. The van der Waals surface area contributed by atoms with Gasteiger partial charge in [-0.25, -0.2) is 4.39 Å². The molecule has 0 unspecified atom stereocenters. The molecule has 0 spiro atoms. The standard InChI is InChI=1S/C12H15Br2FO/c1-16-6-5-12(8-13,9-14)10-3-2-4-11(15)7-10/h2-4,7H,5-6,8-9H2,1H3. The predicted molar refractivity (Wildman–Crippen MR) is 72.2 cm³/mol. The third-order valence-corrected chi connectivity index (χ3v) is 4.88. The van der Waals surface area contributed by atoms with Gasteiger partial charge in [0.15, 0.2) is 0 Å². The zero-order valence-corrected chi connectivity index (χ0v) is 12.4. The van der Waals surface area contributed by atoms with E-state index < -0.39 is 0 Å². The van der Waals surface area contributed by atoms with Crippen LogP contribution in [0.15, 0.2) is 24.3 Å². The van der Waals surface area contributed by atoms with Crippen LogP contribution in [0.2, 0.25) is 0 Å². The molecule has 1 aromatic carbocycles. The summed E-state index contributed by atoms with van der Waals surface area (Å²) in [6.45, 7) is 0.660. The lowest BCUT2D eigenvalue weighted by Gasteiger charge is -2.30. The van der Waals surface area contributed by atoms with Crippen LogP contribution in [0.25, 0.3) is 0 Å². The first-order valence-electron chi connectivity index (χ1n) is 5.05. The highest BCUT2D eigenvalue weighted by Crippen LogP contribution is 2.32. The van der Waals surface area contributed by atoms with Crippen molar-refractivity contribution in [3.63, 3.8) is 0 Å². The first-order chi connectivity index (χ1) is 7.68. The molecule has 16 heavy (non-hydrogen) atoms. The maximum absolute atomic E-state index is 13.2. The minimum Gasteiger partial charge on any atom is -0.385 e. The summed E-state index contributed by atoms with van der Waals surface area (Å²) < 4.78 is 18.3. The van der Waals surface area contributed by atoms with Gasteiger partial charge in [0.25, 0.3) is 0 Å². The minimum absolute atomic E-state index is 0.113. The number of hydrogen-bond donors (Lipinski definition) is 0. The summed E-state index contributed by atoms with van der Waals surface area (Å²) in [6.07, 6.45) is 0.851. The molecule has 0 aliphatic carbocycles. The van der Waals surface area contributed by atoms with Crippen molar-refractivity contribution in [2.45, 2.75) is 11.8 Å². The Bertz CT molecular complexity index is 327. The van der Waals surface area contributed by atoms with Gasteiger partial charge in [0.2, 0.25) is 0 Å². The van der Waals surface area contributed by atoms with Gasteiger partial charge in [0, 0.05) is 29.8 Å². The highest BCUT2D eigenvalue weighted by molar-refractivity contribution is 9.09. The van der Waals surface area contributed by atoms with Crippen molar-refractivity contribution in [2.75, 3.05) is 24.4 Å². The topological polar surface area (TPSA) is 9.23 Å². The largest absolute Gasteiger partial charge is 0.385 e. The first kappa shape index (κ1) is 14.1. The van der Waals surface area contributed by atoms with E-state index in [0.717, 1.165) is 22.6 Å². The average Bonchev–Trinajstić information content (AvgIpc) is 2.31. The van der Waals surface area contributed by atoms with Crippen LogP contribution in [0.4, 0.5) is 4.39 Å². The molecule has 90 valence electrons. The van der Waals surface area contributed by atoms with E-state index in [0.29, 0.717) is 6.61 Å². The van der Waals surface area contributed by atoms with Crippen molar-refractivity contribution in [3.8, 4) is 0 Å². The predicted octanol–water partition coefficient (Wildman–Crippen LogP) is 3.89. The van der Waals surface area contributed by atoms with Gasteiger partial charge in [-0.1, -0.05) is 44.0 Å². The van der Waals surface area contributed by atoms with Crippen LogP contribution in [0.3, 0.4) is 0 Å². The van der Waals surface area contributed by atoms with Crippen LogP contribution in [0.1, 0.15) is 12.0 Å². The Morgan fingerprint density at radius 1 is 1.31 bits per heavy atom. The lowest BCUT2D eigenvalue weighted by Crippen LogP contribution is -2.31. The molecule has 0 amide bonds. The third-order valence-electron chi connectivity index (χ3n) is 2.73. The fourth-order valence-electron chi connectivity index (χ4n) is 1.58. The van der Waals surface area contributed by atoms with E-state index >= 15 is 0 Å². The lowest BCUT2D eigenvalue weighted by molar-refractivity contribution is 0.177. The van der Waals surface area contributed by atoms with Gasteiger partial charge in [0.1, 0.15) is 5.82 Å². The van der Waals surface area contributed by atoms with Crippen molar-refractivity contribution in [1.82, 2.24) is 0 Å². The fourth-order valence-corrected chi connectivity index (χ4v) is 3.72. The number of benzene rings is 1. The Hall–Kier alpha value is 0.0700. The summed E-state index contributed by atoms with van der Waals surface area (Å²) in [5, 5.41) is 1.55. The fraction of sp³-hybridized carbons (Fsp3) is 0.500. The monoisotopic (exact) mass is 352 g/mol. The van der Waals surface area contributed by atoms with Crippen molar-refractivity contribution in [3.05, 3.63) is 35.6 Å². The van der Waals surface area contributed by atoms with Gasteiger partial charge in [-0.05, 0) is 24.1 Å². The molecule has 1 nitrogen and oxygen atoms in total. The van der Waals surface area contributed by atoms with Crippen LogP contribution in [0, 0.1) is 5.82 Å².